The molecule has 0 radical (unpaired) electrons. The van der Waals surface area contributed by atoms with E-state index < -0.39 is 53.8 Å². The second-order valence-electron chi connectivity index (χ2n) is 9.24. The van der Waals surface area contributed by atoms with Crippen LogP contribution in [0.25, 0.3) is 0 Å². The number of nitrogens with one attached hydrogen (secondary N) is 4. The van der Waals surface area contributed by atoms with Gasteiger partial charge < -0.3 is 26.0 Å². The van der Waals surface area contributed by atoms with Crippen LogP contribution in [0, 0.1) is 11.8 Å². The van der Waals surface area contributed by atoms with Gasteiger partial charge in [-0.2, -0.15) is 0 Å². The second-order valence-corrected chi connectivity index (χ2v) is 11.9. The van der Waals surface area contributed by atoms with Crippen molar-refractivity contribution in [1.82, 2.24) is 21.3 Å². The summed E-state index contributed by atoms with van der Waals surface area (Å²) in [5.41, 5.74) is -0.0445. The maximum Gasteiger partial charge on any atom is 0.329 e. The molecule has 12 heteroatoms. The number of fused-ring (bicyclic) bond motifs is 7. The Morgan fingerprint density at radius 3 is 2.28 bits per heavy atom. The molecule has 4 N–H and O–H groups in total. The zero-order chi connectivity index (χ0) is 26.8. The molecule has 2 aliphatic rings. The first kappa shape index (κ1) is 29.8. The predicted molar refractivity (Wildman–Crippen MR) is 141 cm³/mol. The number of carbonyl (C=O) groups excluding carboxylic acids is 5. The molecular formula is C24H36N4O6S2. The maximum absolute atomic E-state index is 13.2. The highest BCUT2D eigenvalue weighted by atomic mass is 33.1. The van der Waals surface area contributed by atoms with Gasteiger partial charge in [-0.1, -0.05) is 61.4 Å². The minimum absolute atomic E-state index is 0.0445. The van der Waals surface area contributed by atoms with Crippen LogP contribution in [0.3, 0.4) is 0 Å². The molecule has 1 fully saturated rings. The maximum atomic E-state index is 13.2. The highest BCUT2D eigenvalue weighted by Crippen LogP contribution is 2.24. The number of esters is 1. The minimum Gasteiger partial charge on any atom is -0.456 e. The molecule has 0 spiro atoms. The fourth-order valence-electron chi connectivity index (χ4n) is 3.50. The van der Waals surface area contributed by atoms with Crippen LogP contribution >= 0.6 is 21.6 Å². The summed E-state index contributed by atoms with van der Waals surface area (Å²) in [5.74, 6) is -2.54. The van der Waals surface area contributed by atoms with Crippen molar-refractivity contribution in [2.75, 3.05) is 11.5 Å². The molecule has 1 saturated heterocycles. The van der Waals surface area contributed by atoms with Gasteiger partial charge in [0.1, 0.15) is 29.9 Å². The largest absolute Gasteiger partial charge is 0.456 e. The van der Waals surface area contributed by atoms with E-state index in [0.29, 0.717) is 12.2 Å². The number of rotatable bonds is 2. The smallest absolute Gasteiger partial charge is 0.329 e. The Morgan fingerprint density at radius 2 is 1.64 bits per heavy atom. The lowest BCUT2D eigenvalue weighted by atomic mass is 10.0. The van der Waals surface area contributed by atoms with Crippen LogP contribution in [-0.4, -0.2) is 65.3 Å². The van der Waals surface area contributed by atoms with E-state index in [1.54, 1.807) is 40.7 Å². The van der Waals surface area contributed by atoms with Crippen molar-refractivity contribution in [3.63, 3.8) is 0 Å². The number of ether oxygens (including phenoxy) is 1. The van der Waals surface area contributed by atoms with Crippen molar-refractivity contribution < 1.29 is 28.7 Å². The van der Waals surface area contributed by atoms with Gasteiger partial charge >= 0.3 is 5.97 Å². The molecule has 4 amide bonds. The Bertz CT molecular complexity index is 905. The van der Waals surface area contributed by atoms with Gasteiger partial charge in [-0.3, -0.25) is 19.2 Å². The van der Waals surface area contributed by atoms with Gasteiger partial charge in [-0.25, -0.2) is 4.79 Å². The molecule has 2 aliphatic heterocycles. The van der Waals surface area contributed by atoms with Gasteiger partial charge in [-0.05, 0) is 31.3 Å². The normalized spacial score (nSPS) is 29.6. The lowest BCUT2D eigenvalue weighted by Gasteiger charge is -2.27. The van der Waals surface area contributed by atoms with Gasteiger partial charge in [0.15, 0.2) is 0 Å². The highest BCUT2D eigenvalue weighted by molar-refractivity contribution is 8.76. The Labute approximate surface area is 220 Å². The molecule has 2 bridgehead atoms. The zero-order valence-electron chi connectivity index (χ0n) is 21.3. The van der Waals surface area contributed by atoms with Gasteiger partial charge in [0.25, 0.3) is 5.91 Å². The summed E-state index contributed by atoms with van der Waals surface area (Å²) < 4.78 is 5.65. The van der Waals surface area contributed by atoms with E-state index in [2.05, 4.69) is 21.3 Å². The van der Waals surface area contributed by atoms with Gasteiger partial charge in [0.2, 0.25) is 17.7 Å². The summed E-state index contributed by atoms with van der Waals surface area (Å²) in [6.45, 7) is 8.66. The quantitative estimate of drug-likeness (QED) is 0.178. The zero-order valence-corrected chi connectivity index (χ0v) is 22.9. The van der Waals surface area contributed by atoms with Crippen molar-refractivity contribution in [3.05, 3.63) is 23.9 Å². The molecule has 0 aromatic carbocycles. The molecule has 4 atom stereocenters. The fraction of sp³-hybridized carbons (Fsp3) is 0.625. The number of allylic oxidation sites excluding steroid dienone is 2. The Hall–Kier alpha value is -2.47. The average molecular weight is 541 g/mol. The third-order valence-electron chi connectivity index (χ3n) is 5.59. The van der Waals surface area contributed by atoms with Crippen LogP contribution < -0.4 is 21.3 Å². The fourth-order valence-corrected chi connectivity index (χ4v) is 5.66. The van der Waals surface area contributed by atoms with Gasteiger partial charge in [0.05, 0.1) is 6.42 Å². The summed E-state index contributed by atoms with van der Waals surface area (Å²) in [5, 5.41) is 10.7. The molecular weight excluding hydrogens is 504 g/mol. The number of carbonyl (C=O) groups is 5. The third-order valence-corrected chi connectivity index (χ3v) is 8.03. The standard InChI is InChI=1S/C24H36N4O6S2/c1-6-16-21(30)28-20(14(4)5)24(33)34-15-9-7-8-10-35-36-12-17(22(31)25-16)26-23(32)19(13(2)3)27-18(29)11-15/h6-7,9,13-15,17,19-20H,8,10-12H2,1-5H3,(H,25,31)(H,26,32)(H,27,29)(H,28,30)/b9-7+,16-6+/t15?,17-,19-,20?/m1/s1. The van der Waals surface area contributed by atoms with E-state index in [0.717, 1.165) is 0 Å². The van der Waals surface area contributed by atoms with Crippen LogP contribution in [0.4, 0.5) is 0 Å². The molecule has 36 heavy (non-hydrogen) atoms. The van der Waals surface area contributed by atoms with Crippen LogP contribution in [0.5, 0.6) is 0 Å². The molecule has 0 aliphatic carbocycles. The molecule has 0 saturated carbocycles. The van der Waals surface area contributed by atoms with Gasteiger partial charge in [0, 0.05) is 11.5 Å². The topological polar surface area (TPSA) is 143 Å². The van der Waals surface area contributed by atoms with Crippen molar-refractivity contribution in [1.29, 1.82) is 0 Å². The molecule has 200 valence electrons. The summed E-state index contributed by atoms with van der Waals surface area (Å²) >= 11 is 0. The van der Waals surface area contributed by atoms with Crippen molar-refractivity contribution in [2.24, 2.45) is 11.8 Å². The van der Waals surface area contributed by atoms with Crippen molar-refractivity contribution in [3.8, 4) is 0 Å². The molecule has 0 aromatic heterocycles. The third kappa shape index (κ3) is 8.88. The lowest BCUT2D eigenvalue weighted by molar-refractivity contribution is -0.153. The summed E-state index contributed by atoms with van der Waals surface area (Å²) in [6, 6.07) is -2.86. The Balaban J connectivity index is 2.55. The summed E-state index contributed by atoms with van der Waals surface area (Å²) in [6.07, 6.45) is 4.51. The SMILES string of the molecule is C/C=C1/NC(=O)[C@H]2CSSCC/C=C/C(CC(=O)N[C@H](C(C)C)C(=O)N2)OC(=O)C(C(C)C)NC1=O. The lowest BCUT2D eigenvalue weighted by Crippen LogP contribution is -2.57. The van der Waals surface area contributed by atoms with E-state index in [1.165, 1.54) is 27.7 Å². The minimum atomic E-state index is -1.00. The average Bonchev–Trinajstić information content (AvgIpc) is 2.81. The van der Waals surface area contributed by atoms with E-state index in [1.807, 2.05) is 6.08 Å². The van der Waals surface area contributed by atoms with Crippen molar-refractivity contribution in [2.45, 2.75) is 71.7 Å². The first-order valence-corrected chi connectivity index (χ1v) is 14.5. The summed E-state index contributed by atoms with van der Waals surface area (Å²) in [7, 11) is 2.95. The van der Waals surface area contributed by atoms with E-state index >= 15 is 0 Å². The van der Waals surface area contributed by atoms with Gasteiger partial charge in [-0.15, -0.1) is 0 Å². The predicted octanol–water partition coefficient (Wildman–Crippen LogP) is 1.43. The monoisotopic (exact) mass is 540 g/mol. The molecule has 10 nitrogen and oxygen atoms in total. The van der Waals surface area contributed by atoms with Crippen LogP contribution in [0.15, 0.2) is 23.9 Å². The first-order chi connectivity index (χ1) is 17.0. The van der Waals surface area contributed by atoms with Crippen LogP contribution in [0.2, 0.25) is 0 Å². The summed E-state index contributed by atoms with van der Waals surface area (Å²) in [4.78, 5) is 65.2. The molecule has 2 rings (SSSR count). The number of hydrogen-bond donors (Lipinski definition) is 4. The van der Waals surface area contributed by atoms with E-state index in [9.17, 15) is 24.0 Å². The number of hydrogen-bond acceptors (Lipinski definition) is 8. The molecule has 0 aromatic rings. The van der Waals surface area contributed by atoms with Crippen LogP contribution in [0.1, 0.15) is 47.5 Å². The van der Waals surface area contributed by atoms with E-state index in [4.69, 9.17) is 4.74 Å². The highest BCUT2D eigenvalue weighted by Gasteiger charge is 2.33. The first-order valence-electron chi connectivity index (χ1n) is 12.0. The second kappa shape index (κ2) is 14.3. The van der Waals surface area contributed by atoms with Crippen LogP contribution in [-0.2, 0) is 28.7 Å². The number of amides is 4. The van der Waals surface area contributed by atoms with Crippen molar-refractivity contribution >= 4 is 51.2 Å². The molecule has 2 heterocycles. The Kier molecular flexibility index (Phi) is 11.8. The van der Waals surface area contributed by atoms with E-state index in [-0.39, 0.29) is 29.7 Å². The molecule has 2 unspecified atom stereocenters. The Morgan fingerprint density at radius 1 is 0.944 bits per heavy atom.